The Balaban J connectivity index is 1.58. The molecule has 0 aliphatic carbocycles. The number of rotatable bonds is 2. The minimum absolute atomic E-state index is 0.00715. The molecule has 1 aliphatic rings. The molecule has 7 heteroatoms. The van der Waals surface area contributed by atoms with Gasteiger partial charge in [0.1, 0.15) is 5.56 Å². The molecule has 3 aromatic heterocycles. The highest BCUT2D eigenvalue weighted by molar-refractivity contribution is 5.99. The topological polar surface area (TPSA) is 68.3 Å². The Bertz CT molecular complexity index is 851. The molecule has 7 nitrogen and oxygen atoms in total. The predicted molar refractivity (Wildman–Crippen MR) is 84.1 cm³/mol. The average Bonchev–Trinajstić information content (AvgIpc) is 3.20. The monoisotopic (exact) mass is 310 g/mol. The summed E-state index contributed by atoms with van der Waals surface area (Å²) in [6, 6.07) is 2.03. The highest BCUT2D eigenvalue weighted by atomic mass is 16.2. The Morgan fingerprint density at radius 1 is 1.30 bits per heavy atom. The van der Waals surface area contributed by atoms with E-state index in [4.69, 9.17) is 0 Å². The van der Waals surface area contributed by atoms with Crippen LogP contribution in [0.3, 0.4) is 0 Å². The van der Waals surface area contributed by atoms with E-state index in [1.165, 1.54) is 0 Å². The highest BCUT2D eigenvalue weighted by Gasteiger charge is 2.27. The molecule has 0 bridgehead atoms. The maximum atomic E-state index is 12.9. The van der Waals surface area contributed by atoms with Crippen LogP contribution in [0.25, 0.3) is 5.65 Å². The lowest BCUT2D eigenvalue weighted by Gasteiger charge is -2.32. The van der Waals surface area contributed by atoms with Crippen LogP contribution >= 0.6 is 0 Å². The van der Waals surface area contributed by atoms with Gasteiger partial charge in [0.05, 0.1) is 18.4 Å². The fourth-order valence-corrected chi connectivity index (χ4v) is 3.14. The highest BCUT2D eigenvalue weighted by Crippen LogP contribution is 2.23. The fourth-order valence-electron chi connectivity index (χ4n) is 3.14. The third kappa shape index (κ3) is 2.48. The van der Waals surface area contributed by atoms with Crippen LogP contribution in [-0.4, -0.2) is 48.3 Å². The lowest BCUT2D eigenvalue weighted by atomic mass is 10.1. The molecule has 0 saturated carbocycles. The van der Waals surface area contributed by atoms with Crippen molar-refractivity contribution in [2.75, 3.05) is 13.1 Å². The van der Waals surface area contributed by atoms with E-state index in [9.17, 15) is 4.79 Å². The molecule has 23 heavy (non-hydrogen) atoms. The third-order valence-corrected chi connectivity index (χ3v) is 4.30. The molecule has 1 atom stereocenters. The average molecular weight is 310 g/mol. The Morgan fingerprint density at radius 3 is 3.04 bits per heavy atom. The maximum Gasteiger partial charge on any atom is 0.259 e. The van der Waals surface area contributed by atoms with E-state index in [1.54, 1.807) is 29.2 Å². The van der Waals surface area contributed by atoms with E-state index in [-0.39, 0.29) is 11.9 Å². The molecule has 118 valence electrons. The van der Waals surface area contributed by atoms with Gasteiger partial charge < -0.3 is 4.90 Å². The van der Waals surface area contributed by atoms with Crippen molar-refractivity contribution in [1.82, 2.24) is 29.3 Å². The second-order valence-electron chi connectivity index (χ2n) is 5.99. The van der Waals surface area contributed by atoms with Crippen molar-refractivity contribution in [3.63, 3.8) is 0 Å². The molecule has 0 N–H and O–H groups in total. The number of nitrogens with zero attached hydrogens (tertiary/aromatic N) is 6. The van der Waals surface area contributed by atoms with Crippen LogP contribution in [0, 0.1) is 6.92 Å². The molecule has 3 aromatic rings. The number of piperidine rings is 1. The minimum Gasteiger partial charge on any atom is -0.336 e. The summed E-state index contributed by atoms with van der Waals surface area (Å²) in [6.07, 6.45) is 11.0. The molecule has 0 aromatic carbocycles. The van der Waals surface area contributed by atoms with Gasteiger partial charge in [-0.1, -0.05) is 0 Å². The lowest BCUT2D eigenvalue weighted by Crippen LogP contribution is -2.40. The van der Waals surface area contributed by atoms with Crippen LogP contribution in [0.1, 0.15) is 34.8 Å². The number of fused-ring (bicyclic) bond motifs is 1. The zero-order valence-corrected chi connectivity index (χ0v) is 13.0. The van der Waals surface area contributed by atoms with Crippen molar-refractivity contribution < 1.29 is 4.79 Å². The van der Waals surface area contributed by atoms with Gasteiger partial charge in [0, 0.05) is 31.7 Å². The van der Waals surface area contributed by atoms with Gasteiger partial charge in [0.25, 0.3) is 5.91 Å². The van der Waals surface area contributed by atoms with Gasteiger partial charge in [0.2, 0.25) is 0 Å². The number of aryl methyl sites for hydroxylation is 1. The largest absolute Gasteiger partial charge is 0.336 e. The SMILES string of the molecule is Cc1cnn([C@H]2CCCN(C(=O)c3cnn4cccnc34)C2)c1. The Morgan fingerprint density at radius 2 is 2.22 bits per heavy atom. The molecule has 0 radical (unpaired) electrons. The van der Waals surface area contributed by atoms with Gasteiger partial charge in [-0.25, -0.2) is 9.50 Å². The Labute approximate surface area is 133 Å². The molecule has 1 fully saturated rings. The van der Waals surface area contributed by atoms with E-state index in [1.807, 2.05) is 28.9 Å². The zero-order valence-electron chi connectivity index (χ0n) is 13.0. The van der Waals surface area contributed by atoms with Crippen LogP contribution in [-0.2, 0) is 0 Å². The first-order valence-electron chi connectivity index (χ1n) is 7.81. The number of carbonyl (C=O) groups excluding carboxylic acids is 1. The van der Waals surface area contributed by atoms with Gasteiger partial charge in [-0.3, -0.25) is 9.48 Å². The van der Waals surface area contributed by atoms with Crippen LogP contribution in [0.15, 0.2) is 37.1 Å². The predicted octanol–water partition coefficient (Wildman–Crippen LogP) is 1.71. The summed E-state index contributed by atoms with van der Waals surface area (Å²) in [5, 5.41) is 8.60. The molecule has 0 unspecified atom stereocenters. The smallest absolute Gasteiger partial charge is 0.259 e. The Kier molecular flexibility index (Phi) is 3.33. The first-order valence-corrected chi connectivity index (χ1v) is 7.81. The normalized spacial score (nSPS) is 18.5. The third-order valence-electron chi connectivity index (χ3n) is 4.30. The fraction of sp³-hybridized carbons (Fsp3) is 0.375. The summed E-state index contributed by atoms with van der Waals surface area (Å²) in [4.78, 5) is 19.0. The molecule has 0 spiro atoms. The van der Waals surface area contributed by atoms with Gasteiger partial charge >= 0.3 is 0 Å². The van der Waals surface area contributed by atoms with E-state index in [0.29, 0.717) is 17.8 Å². The lowest BCUT2D eigenvalue weighted by molar-refractivity contribution is 0.0674. The van der Waals surface area contributed by atoms with Crippen molar-refractivity contribution in [2.24, 2.45) is 0 Å². The van der Waals surface area contributed by atoms with Crippen LogP contribution in [0.2, 0.25) is 0 Å². The summed E-state index contributed by atoms with van der Waals surface area (Å²) in [6.45, 7) is 3.46. The van der Waals surface area contributed by atoms with Crippen molar-refractivity contribution in [3.8, 4) is 0 Å². The van der Waals surface area contributed by atoms with Gasteiger partial charge in [-0.05, 0) is 31.4 Å². The van der Waals surface area contributed by atoms with Gasteiger partial charge in [-0.2, -0.15) is 10.2 Å². The number of amides is 1. The van der Waals surface area contributed by atoms with Crippen molar-refractivity contribution >= 4 is 11.6 Å². The second-order valence-corrected chi connectivity index (χ2v) is 5.99. The second kappa shape index (κ2) is 5.49. The minimum atomic E-state index is -0.00715. The number of aromatic nitrogens is 5. The van der Waals surface area contributed by atoms with Gasteiger partial charge in [0.15, 0.2) is 5.65 Å². The summed E-state index contributed by atoms with van der Waals surface area (Å²) in [5.41, 5.74) is 2.30. The summed E-state index contributed by atoms with van der Waals surface area (Å²) in [5.74, 6) is -0.00715. The number of hydrogen-bond acceptors (Lipinski definition) is 4. The molecule has 1 aliphatic heterocycles. The number of hydrogen-bond donors (Lipinski definition) is 0. The first kappa shape index (κ1) is 13.9. The maximum absolute atomic E-state index is 12.9. The van der Waals surface area contributed by atoms with E-state index < -0.39 is 0 Å². The number of likely N-dealkylation sites (tertiary alicyclic amines) is 1. The molecule has 4 rings (SSSR count). The van der Waals surface area contributed by atoms with Crippen LogP contribution < -0.4 is 0 Å². The molecular weight excluding hydrogens is 292 g/mol. The Hall–Kier alpha value is -2.70. The van der Waals surface area contributed by atoms with Crippen molar-refractivity contribution in [2.45, 2.75) is 25.8 Å². The summed E-state index contributed by atoms with van der Waals surface area (Å²) < 4.78 is 3.61. The molecule has 1 saturated heterocycles. The first-order chi connectivity index (χ1) is 11.2. The van der Waals surface area contributed by atoms with E-state index in [0.717, 1.165) is 24.9 Å². The quantitative estimate of drug-likeness (QED) is 0.722. The van der Waals surface area contributed by atoms with Gasteiger partial charge in [-0.15, -0.1) is 0 Å². The molecular formula is C16H18N6O. The van der Waals surface area contributed by atoms with Crippen LogP contribution in [0.5, 0.6) is 0 Å². The van der Waals surface area contributed by atoms with Crippen LogP contribution in [0.4, 0.5) is 0 Å². The molecule has 4 heterocycles. The van der Waals surface area contributed by atoms with E-state index >= 15 is 0 Å². The van der Waals surface area contributed by atoms with E-state index in [2.05, 4.69) is 15.2 Å². The zero-order chi connectivity index (χ0) is 15.8. The number of carbonyl (C=O) groups is 1. The standard InChI is InChI=1S/C16H18N6O/c1-12-8-18-22(10-12)13-4-2-6-20(11-13)16(23)14-9-19-21-7-3-5-17-15(14)21/h3,5,7-10,13H,2,4,6,11H2,1H3/t13-/m0/s1. The summed E-state index contributed by atoms with van der Waals surface area (Å²) in [7, 11) is 0. The molecule has 1 amide bonds. The van der Waals surface area contributed by atoms with Crippen molar-refractivity contribution in [1.29, 1.82) is 0 Å². The van der Waals surface area contributed by atoms with Crippen molar-refractivity contribution in [3.05, 3.63) is 48.2 Å². The summed E-state index contributed by atoms with van der Waals surface area (Å²) >= 11 is 0.